The Balaban J connectivity index is 3.18. The molecular weight excluding hydrogens is 206 g/mol. The smallest absolute Gasteiger partial charge is 0.168 e. The molecule has 4 heteroatoms. The van der Waals surface area contributed by atoms with E-state index in [1.807, 2.05) is 0 Å². The molecule has 0 aliphatic heterocycles. The van der Waals surface area contributed by atoms with Gasteiger partial charge in [-0.3, -0.25) is 0 Å². The van der Waals surface area contributed by atoms with E-state index in [0.29, 0.717) is 11.3 Å². The van der Waals surface area contributed by atoms with Gasteiger partial charge in [0.2, 0.25) is 0 Å². The van der Waals surface area contributed by atoms with Crippen LogP contribution in [0.5, 0.6) is 5.75 Å². The Morgan fingerprint density at radius 1 is 1.43 bits per heavy atom. The zero-order valence-electron chi connectivity index (χ0n) is 7.63. The average molecular weight is 216 g/mol. The van der Waals surface area contributed by atoms with Gasteiger partial charge in [0.1, 0.15) is 5.82 Å². The molecule has 76 valence electrons. The highest BCUT2D eigenvalue weighted by molar-refractivity contribution is 7.80. The van der Waals surface area contributed by atoms with Crippen molar-refractivity contribution in [1.82, 2.24) is 0 Å². The number of hydrogen-bond acceptors (Lipinski definition) is 2. The van der Waals surface area contributed by atoms with Crippen LogP contribution in [-0.2, 0) is 0 Å². The second-order valence-corrected chi connectivity index (χ2v) is 2.96. The van der Waals surface area contributed by atoms with E-state index in [4.69, 9.17) is 4.74 Å². The van der Waals surface area contributed by atoms with E-state index in [0.717, 1.165) is 6.07 Å². The van der Waals surface area contributed by atoms with Crippen LogP contribution in [-0.4, -0.2) is 12.9 Å². The summed E-state index contributed by atoms with van der Waals surface area (Å²) in [6.07, 6.45) is 3.25. The normalized spacial score (nSPS) is 10.9. The van der Waals surface area contributed by atoms with Gasteiger partial charge >= 0.3 is 0 Å². The molecule has 0 fully saturated rings. The van der Waals surface area contributed by atoms with Crippen LogP contribution >= 0.6 is 12.6 Å². The third-order valence-corrected chi connectivity index (χ3v) is 1.85. The SMILES string of the molecule is COc1c(F)cc(F)cc1C=CCS. The number of methoxy groups -OCH3 is 1. The molecule has 0 aliphatic carbocycles. The van der Waals surface area contributed by atoms with Crippen molar-refractivity contribution in [1.29, 1.82) is 0 Å². The lowest BCUT2D eigenvalue weighted by Crippen LogP contribution is -1.93. The van der Waals surface area contributed by atoms with E-state index < -0.39 is 11.6 Å². The zero-order chi connectivity index (χ0) is 10.6. The molecule has 0 aromatic heterocycles. The number of hydrogen-bond donors (Lipinski definition) is 1. The van der Waals surface area contributed by atoms with E-state index in [1.54, 1.807) is 12.2 Å². The van der Waals surface area contributed by atoms with Crippen LogP contribution in [0, 0.1) is 11.6 Å². The molecule has 14 heavy (non-hydrogen) atoms. The number of rotatable bonds is 3. The largest absolute Gasteiger partial charge is 0.493 e. The second kappa shape index (κ2) is 5.00. The lowest BCUT2D eigenvalue weighted by atomic mass is 10.1. The van der Waals surface area contributed by atoms with Gasteiger partial charge in [0.25, 0.3) is 0 Å². The molecule has 0 atom stereocenters. The van der Waals surface area contributed by atoms with Gasteiger partial charge in [0.05, 0.1) is 7.11 Å². The minimum absolute atomic E-state index is 0.0458. The first-order chi connectivity index (χ1) is 6.69. The van der Waals surface area contributed by atoms with Crippen LogP contribution in [0.3, 0.4) is 0 Å². The molecule has 1 rings (SSSR count). The number of thiol groups is 1. The molecule has 1 aromatic carbocycles. The van der Waals surface area contributed by atoms with Crippen molar-refractivity contribution >= 4 is 18.7 Å². The quantitative estimate of drug-likeness (QED) is 0.764. The molecular formula is C10H10F2OS. The number of ether oxygens (including phenoxy) is 1. The lowest BCUT2D eigenvalue weighted by Gasteiger charge is -2.05. The number of halogens is 2. The van der Waals surface area contributed by atoms with Crippen LogP contribution < -0.4 is 4.74 Å². The summed E-state index contributed by atoms with van der Waals surface area (Å²) in [5, 5.41) is 0. The van der Waals surface area contributed by atoms with E-state index in [-0.39, 0.29) is 5.75 Å². The molecule has 0 heterocycles. The summed E-state index contributed by atoms with van der Waals surface area (Å²) in [6.45, 7) is 0. The van der Waals surface area contributed by atoms with Gasteiger partial charge in [-0.25, -0.2) is 8.78 Å². The first kappa shape index (κ1) is 11.0. The molecule has 1 nitrogen and oxygen atoms in total. The fourth-order valence-corrected chi connectivity index (χ4v) is 1.20. The fourth-order valence-electron chi connectivity index (χ4n) is 1.10. The van der Waals surface area contributed by atoms with E-state index in [1.165, 1.54) is 13.2 Å². The monoisotopic (exact) mass is 216 g/mol. The Kier molecular flexibility index (Phi) is 3.95. The molecule has 0 bridgehead atoms. The Morgan fingerprint density at radius 2 is 2.14 bits per heavy atom. The van der Waals surface area contributed by atoms with E-state index in [9.17, 15) is 8.78 Å². The molecule has 1 aromatic rings. The maximum atomic E-state index is 13.1. The summed E-state index contributed by atoms with van der Waals surface area (Å²) in [5.74, 6) is -0.778. The van der Waals surface area contributed by atoms with Gasteiger partial charge in [-0.15, -0.1) is 0 Å². The molecule has 0 unspecified atom stereocenters. The van der Waals surface area contributed by atoms with Crippen LogP contribution in [0.25, 0.3) is 6.08 Å². The van der Waals surface area contributed by atoms with E-state index in [2.05, 4.69) is 12.6 Å². The van der Waals surface area contributed by atoms with Crippen LogP contribution in [0.15, 0.2) is 18.2 Å². The summed E-state index contributed by atoms with van der Waals surface area (Å²) in [5.41, 5.74) is 0.374. The van der Waals surface area contributed by atoms with Gasteiger partial charge in [0.15, 0.2) is 11.6 Å². The molecule has 0 radical (unpaired) electrons. The number of benzene rings is 1. The third-order valence-electron chi connectivity index (χ3n) is 1.64. The summed E-state index contributed by atoms with van der Waals surface area (Å²) < 4.78 is 30.8. The van der Waals surface area contributed by atoms with Gasteiger partial charge in [-0.1, -0.05) is 12.2 Å². The molecule has 0 spiro atoms. The van der Waals surface area contributed by atoms with Gasteiger partial charge in [-0.05, 0) is 6.07 Å². The predicted octanol–water partition coefficient (Wildman–Crippen LogP) is 2.92. The lowest BCUT2D eigenvalue weighted by molar-refractivity contribution is 0.383. The Hall–Kier alpha value is -1.03. The maximum Gasteiger partial charge on any atom is 0.168 e. The maximum absolute atomic E-state index is 13.1. The first-order valence-corrected chi connectivity index (χ1v) is 4.62. The molecule has 0 saturated heterocycles. The first-order valence-electron chi connectivity index (χ1n) is 3.99. The van der Waals surface area contributed by atoms with Crippen molar-refractivity contribution in [3.8, 4) is 5.75 Å². The van der Waals surface area contributed by atoms with Crippen molar-refractivity contribution in [2.75, 3.05) is 12.9 Å². The standard InChI is InChI=1S/C10H10F2OS/c1-13-10-7(3-2-4-14)5-8(11)6-9(10)12/h2-3,5-6,14H,4H2,1H3. The van der Waals surface area contributed by atoms with Crippen LogP contribution in [0.1, 0.15) is 5.56 Å². The van der Waals surface area contributed by atoms with Crippen molar-refractivity contribution in [3.63, 3.8) is 0 Å². The van der Waals surface area contributed by atoms with Crippen LogP contribution in [0.2, 0.25) is 0 Å². The summed E-state index contributed by atoms with van der Waals surface area (Å²) in [6, 6.07) is 2.00. The Bertz CT molecular complexity index is 350. The topological polar surface area (TPSA) is 9.23 Å². The fraction of sp³-hybridized carbons (Fsp3) is 0.200. The Labute approximate surface area is 86.8 Å². The highest BCUT2D eigenvalue weighted by Crippen LogP contribution is 2.25. The molecule has 0 N–H and O–H groups in total. The zero-order valence-corrected chi connectivity index (χ0v) is 8.52. The molecule has 0 amide bonds. The van der Waals surface area contributed by atoms with Crippen LogP contribution in [0.4, 0.5) is 8.78 Å². The van der Waals surface area contributed by atoms with Crippen molar-refractivity contribution < 1.29 is 13.5 Å². The van der Waals surface area contributed by atoms with Gasteiger partial charge in [-0.2, -0.15) is 12.6 Å². The minimum atomic E-state index is -0.702. The highest BCUT2D eigenvalue weighted by Gasteiger charge is 2.09. The molecule has 0 aliphatic rings. The minimum Gasteiger partial charge on any atom is -0.493 e. The predicted molar refractivity (Wildman–Crippen MR) is 55.8 cm³/mol. The second-order valence-electron chi connectivity index (χ2n) is 2.60. The van der Waals surface area contributed by atoms with Crippen molar-refractivity contribution in [2.45, 2.75) is 0 Å². The summed E-state index contributed by atoms with van der Waals surface area (Å²) in [7, 11) is 1.34. The van der Waals surface area contributed by atoms with Gasteiger partial charge in [0, 0.05) is 17.4 Å². The van der Waals surface area contributed by atoms with Crippen molar-refractivity contribution in [3.05, 3.63) is 35.4 Å². The van der Waals surface area contributed by atoms with Gasteiger partial charge < -0.3 is 4.74 Å². The Morgan fingerprint density at radius 3 is 2.71 bits per heavy atom. The average Bonchev–Trinajstić information content (AvgIpc) is 2.14. The summed E-state index contributed by atoms with van der Waals surface area (Å²) in [4.78, 5) is 0. The van der Waals surface area contributed by atoms with Crippen molar-refractivity contribution in [2.24, 2.45) is 0 Å². The summed E-state index contributed by atoms with van der Waals surface area (Å²) >= 11 is 3.95. The highest BCUT2D eigenvalue weighted by atomic mass is 32.1. The third kappa shape index (κ3) is 2.48. The molecule has 0 saturated carbocycles. The van der Waals surface area contributed by atoms with E-state index >= 15 is 0 Å².